The molecule has 1 aliphatic rings. The second-order valence-electron chi connectivity index (χ2n) is 5.24. The largest absolute Gasteiger partial charge is 0.493 e. The minimum atomic E-state index is -0.673. The first kappa shape index (κ1) is 13.6. The van der Waals surface area contributed by atoms with Crippen molar-refractivity contribution >= 4 is 11.6 Å². The van der Waals surface area contributed by atoms with Gasteiger partial charge >= 0.3 is 0 Å². The maximum absolute atomic E-state index is 12.5. The molecule has 106 valence electrons. The van der Waals surface area contributed by atoms with Crippen molar-refractivity contribution in [2.24, 2.45) is 5.92 Å². The average molecular weight is 280 g/mol. The second kappa shape index (κ2) is 5.52. The molecular weight excluding hydrogens is 264 g/mol. The standard InChI is InChI=1S/C18H16O3/c1-12(17(19)13-5-3-2-4-6-13)18(20)15-7-8-16-14(11-15)9-10-21-16/h2-8,11-12H,9-10H2,1H3. The number of benzene rings is 2. The summed E-state index contributed by atoms with van der Waals surface area (Å²) in [7, 11) is 0. The van der Waals surface area contributed by atoms with Crippen molar-refractivity contribution in [2.75, 3.05) is 6.61 Å². The average Bonchev–Trinajstić information content (AvgIpc) is 3.01. The topological polar surface area (TPSA) is 43.4 Å². The van der Waals surface area contributed by atoms with Crippen molar-refractivity contribution in [1.82, 2.24) is 0 Å². The van der Waals surface area contributed by atoms with E-state index in [4.69, 9.17) is 4.74 Å². The summed E-state index contributed by atoms with van der Waals surface area (Å²) in [6.45, 7) is 2.33. The quantitative estimate of drug-likeness (QED) is 0.637. The van der Waals surface area contributed by atoms with E-state index in [9.17, 15) is 9.59 Å². The van der Waals surface area contributed by atoms with Crippen LogP contribution >= 0.6 is 0 Å². The number of rotatable bonds is 4. The van der Waals surface area contributed by atoms with Crippen LogP contribution in [-0.2, 0) is 6.42 Å². The number of ether oxygens (including phenoxy) is 1. The summed E-state index contributed by atoms with van der Waals surface area (Å²) in [5.41, 5.74) is 2.19. The Morgan fingerprint density at radius 2 is 1.71 bits per heavy atom. The molecule has 1 heterocycles. The van der Waals surface area contributed by atoms with Crippen molar-refractivity contribution in [3.05, 3.63) is 65.2 Å². The lowest BCUT2D eigenvalue weighted by atomic mass is 9.91. The van der Waals surface area contributed by atoms with E-state index in [1.807, 2.05) is 18.2 Å². The van der Waals surface area contributed by atoms with E-state index < -0.39 is 5.92 Å². The Balaban J connectivity index is 1.83. The molecule has 1 atom stereocenters. The summed E-state index contributed by atoms with van der Waals surface area (Å²) >= 11 is 0. The van der Waals surface area contributed by atoms with Crippen molar-refractivity contribution in [1.29, 1.82) is 0 Å². The zero-order chi connectivity index (χ0) is 14.8. The molecule has 0 aliphatic carbocycles. The Bertz CT molecular complexity index is 689. The van der Waals surface area contributed by atoms with Gasteiger partial charge in [-0.3, -0.25) is 9.59 Å². The van der Waals surface area contributed by atoms with Gasteiger partial charge < -0.3 is 4.74 Å². The molecule has 0 amide bonds. The third kappa shape index (κ3) is 2.59. The number of ketones is 2. The molecular formula is C18H16O3. The van der Waals surface area contributed by atoms with Crippen molar-refractivity contribution in [3.63, 3.8) is 0 Å². The van der Waals surface area contributed by atoms with Gasteiger partial charge in [0.15, 0.2) is 11.6 Å². The van der Waals surface area contributed by atoms with E-state index >= 15 is 0 Å². The maximum atomic E-state index is 12.5. The fourth-order valence-corrected chi connectivity index (χ4v) is 2.56. The number of carbonyl (C=O) groups excluding carboxylic acids is 2. The van der Waals surface area contributed by atoms with Gasteiger partial charge in [0.2, 0.25) is 0 Å². The number of Topliss-reactive ketones (excluding diaryl/α,β-unsaturated/α-hetero) is 2. The van der Waals surface area contributed by atoms with Crippen LogP contribution in [0.5, 0.6) is 5.75 Å². The van der Waals surface area contributed by atoms with Crippen LogP contribution in [-0.4, -0.2) is 18.2 Å². The van der Waals surface area contributed by atoms with Crippen LogP contribution in [0.15, 0.2) is 48.5 Å². The highest BCUT2D eigenvalue weighted by atomic mass is 16.5. The molecule has 2 aromatic rings. The number of carbonyl (C=O) groups is 2. The summed E-state index contributed by atoms with van der Waals surface area (Å²) in [4.78, 5) is 24.8. The molecule has 0 aromatic heterocycles. The highest BCUT2D eigenvalue weighted by molar-refractivity contribution is 6.15. The molecule has 0 spiro atoms. The first-order chi connectivity index (χ1) is 10.2. The van der Waals surface area contributed by atoms with E-state index in [-0.39, 0.29) is 11.6 Å². The lowest BCUT2D eigenvalue weighted by Crippen LogP contribution is -2.21. The van der Waals surface area contributed by atoms with Gasteiger partial charge in [-0.25, -0.2) is 0 Å². The predicted molar refractivity (Wildman–Crippen MR) is 79.9 cm³/mol. The minimum absolute atomic E-state index is 0.140. The first-order valence-corrected chi connectivity index (χ1v) is 7.06. The third-order valence-corrected chi connectivity index (χ3v) is 3.82. The maximum Gasteiger partial charge on any atom is 0.173 e. The Morgan fingerprint density at radius 3 is 2.48 bits per heavy atom. The van der Waals surface area contributed by atoms with Crippen molar-refractivity contribution < 1.29 is 14.3 Å². The molecule has 0 saturated carbocycles. The lowest BCUT2D eigenvalue weighted by molar-refractivity contribution is 0.0820. The van der Waals surface area contributed by atoms with Gasteiger partial charge in [0, 0.05) is 17.5 Å². The molecule has 0 saturated heterocycles. The Labute approximate surface area is 123 Å². The first-order valence-electron chi connectivity index (χ1n) is 7.06. The Morgan fingerprint density at radius 1 is 1.00 bits per heavy atom. The van der Waals surface area contributed by atoms with Gasteiger partial charge in [0.25, 0.3) is 0 Å². The molecule has 3 nitrogen and oxygen atoms in total. The van der Waals surface area contributed by atoms with Crippen molar-refractivity contribution in [2.45, 2.75) is 13.3 Å². The van der Waals surface area contributed by atoms with Crippen LogP contribution in [0.3, 0.4) is 0 Å². The van der Waals surface area contributed by atoms with Gasteiger partial charge in [-0.2, -0.15) is 0 Å². The minimum Gasteiger partial charge on any atom is -0.493 e. The van der Waals surface area contributed by atoms with Crippen LogP contribution < -0.4 is 4.74 Å². The Kier molecular flexibility index (Phi) is 3.57. The van der Waals surface area contributed by atoms with Crippen LogP contribution in [0.4, 0.5) is 0 Å². The van der Waals surface area contributed by atoms with E-state index in [2.05, 4.69) is 0 Å². The van der Waals surface area contributed by atoms with Gasteiger partial charge in [-0.05, 0) is 30.7 Å². The molecule has 0 bridgehead atoms. The van der Waals surface area contributed by atoms with E-state index in [0.29, 0.717) is 17.7 Å². The van der Waals surface area contributed by atoms with Crippen molar-refractivity contribution in [3.8, 4) is 5.75 Å². The third-order valence-electron chi connectivity index (χ3n) is 3.82. The van der Waals surface area contributed by atoms with Gasteiger partial charge in [-0.1, -0.05) is 30.3 Å². The number of hydrogen-bond acceptors (Lipinski definition) is 3. The normalized spacial score (nSPS) is 14.1. The van der Waals surface area contributed by atoms with E-state index in [0.717, 1.165) is 17.7 Å². The summed E-state index contributed by atoms with van der Waals surface area (Å²) in [6.07, 6.45) is 0.817. The molecule has 1 aliphatic heterocycles. The molecule has 0 radical (unpaired) electrons. The molecule has 0 fully saturated rings. The predicted octanol–water partition coefficient (Wildman–Crippen LogP) is 3.32. The highest BCUT2D eigenvalue weighted by Gasteiger charge is 2.25. The smallest absolute Gasteiger partial charge is 0.173 e. The highest BCUT2D eigenvalue weighted by Crippen LogP contribution is 2.27. The SMILES string of the molecule is CC(C(=O)c1ccccc1)C(=O)c1ccc2c(c1)CCO2. The zero-order valence-corrected chi connectivity index (χ0v) is 11.8. The van der Waals surface area contributed by atoms with Crippen LogP contribution in [0, 0.1) is 5.92 Å². The summed E-state index contributed by atoms with van der Waals surface area (Å²) in [5.74, 6) is -0.114. The molecule has 1 unspecified atom stereocenters. The molecule has 21 heavy (non-hydrogen) atoms. The summed E-state index contributed by atoms with van der Waals surface area (Å²) < 4.78 is 5.43. The van der Waals surface area contributed by atoms with E-state index in [1.54, 1.807) is 37.3 Å². The van der Waals surface area contributed by atoms with E-state index in [1.165, 1.54) is 0 Å². The molecule has 3 heteroatoms. The second-order valence-corrected chi connectivity index (χ2v) is 5.24. The number of hydrogen-bond donors (Lipinski definition) is 0. The Hall–Kier alpha value is -2.42. The van der Waals surface area contributed by atoms with Gasteiger partial charge in [0.1, 0.15) is 5.75 Å². The van der Waals surface area contributed by atoms with Crippen LogP contribution in [0.2, 0.25) is 0 Å². The zero-order valence-electron chi connectivity index (χ0n) is 11.8. The fourth-order valence-electron chi connectivity index (χ4n) is 2.56. The summed E-state index contributed by atoms with van der Waals surface area (Å²) in [6, 6.07) is 14.3. The lowest BCUT2D eigenvalue weighted by Gasteiger charge is -2.10. The van der Waals surface area contributed by atoms with Crippen LogP contribution in [0.1, 0.15) is 33.2 Å². The molecule has 2 aromatic carbocycles. The van der Waals surface area contributed by atoms with Gasteiger partial charge in [-0.15, -0.1) is 0 Å². The molecule has 3 rings (SSSR count). The van der Waals surface area contributed by atoms with Gasteiger partial charge in [0.05, 0.1) is 12.5 Å². The van der Waals surface area contributed by atoms with Crippen LogP contribution in [0.25, 0.3) is 0 Å². The fraction of sp³-hybridized carbons (Fsp3) is 0.222. The number of fused-ring (bicyclic) bond motifs is 1. The monoisotopic (exact) mass is 280 g/mol. The molecule has 0 N–H and O–H groups in total. The summed E-state index contributed by atoms with van der Waals surface area (Å²) in [5, 5.41) is 0.